The summed E-state index contributed by atoms with van der Waals surface area (Å²) in [6, 6.07) is 9.87. The van der Waals surface area contributed by atoms with Crippen LogP contribution in [0.2, 0.25) is 0 Å². The molecule has 0 bridgehead atoms. The van der Waals surface area contributed by atoms with E-state index in [1.807, 2.05) is 49.6 Å². The van der Waals surface area contributed by atoms with E-state index < -0.39 is 0 Å². The van der Waals surface area contributed by atoms with Crippen molar-refractivity contribution in [1.29, 1.82) is 0 Å². The van der Waals surface area contributed by atoms with Gasteiger partial charge in [0.05, 0.1) is 20.6 Å². The molecule has 0 spiro atoms. The predicted molar refractivity (Wildman–Crippen MR) is 109 cm³/mol. The molecule has 0 N–H and O–H groups in total. The Hall–Kier alpha value is -2.60. The summed E-state index contributed by atoms with van der Waals surface area (Å²) >= 11 is 1.45. The van der Waals surface area contributed by atoms with Crippen LogP contribution in [0.25, 0.3) is 10.2 Å². The molecule has 3 aromatic rings. The monoisotopic (exact) mass is 384 g/mol. The Morgan fingerprint density at radius 3 is 2.44 bits per heavy atom. The molecular formula is C21H24N2O3S. The molecule has 1 aromatic heterocycles. The van der Waals surface area contributed by atoms with E-state index in [1.165, 1.54) is 16.9 Å². The van der Waals surface area contributed by atoms with Crippen molar-refractivity contribution in [3.8, 4) is 11.5 Å². The van der Waals surface area contributed by atoms with E-state index in [0.29, 0.717) is 17.8 Å². The molecule has 2 aromatic carbocycles. The average Bonchev–Trinajstić information content (AvgIpc) is 3.01. The lowest BCUT2D eigenvalue weighted by Crippen LogP contribution is -2.17. The Morgan fingerprint density at radius 1 is 1.11 bits per heavy atom. The maximum absolute atomic E-state index is 12.6. The van der Waals surface area contributed by atoms with E-state index in [4.69, 9.17) is 9.47 Å². The summed E-state index contributed by atoms with van der Waals surface area (Å²) in [5, 5.41) is 0. The summed E-state index contributed by atoms with van der Waals surface area (Å²) in [7, 11) is 3.28. The number of rotatable bonds is 5. The molecule has 142 valence electrons. The molecule has 0 aliphatic heterocycles. The molecule has 0 unspecified atom stereocenters. The Balaban J connectivity index is 2.08. The number of methoxy groups -OCH3 is 2. The third kappa shape index (κ3) is 3.76. The molecule has 5 nitrogen and oxygen atoms in total. The number of fused-ring (bicyclic) bond motifs is 1. The Labute approximate surface area is 162 Å². The van der Waals surface area contributed by atoms with Crippen LogP contribution in [0.1, 0.15) is 23.6 Å². The smallest absolute Gasteiger partial charge is 0.252 e. The number of hydrogen-bond acceptors (Lipinski definition) is 4. The van der Waals surface area contributed by atoms with Gasteiger partial charge in [0.2, 0.25) is 0 Å². The molecule has 1 amide bonds. The molecule has 6 heteroatoms. The van der Waals surface area contributed by atoms with E-state index in [-0.39, 0.29) is 5.91 Å². The highest BCUT2D eigenvalue weighted by Gasteiger charge is 2.16. The lowest BCUT2D eigenvalue weighted by molar-refractivity contribution is -0.117. The minimum atomic E-state index is -0.159. The minimum absolute atomic E-state index is 0.159. The average molecular weight is 385 g/mol. The van der Waals surface area contributed by atoms with Crippen molar-refractivity contribution in [2.45, 2.75) is 33.7 Å². The topological polar surface area (TPSA) is 52.8 Å². The lowest BCUT2D eigenvalue weighted by Gasteiger charge is -2.08. The van der Waals surface area contributed by atoms with Crippen molar-refractivity contribution >= 4 is 27.5 Å². The van der Waals surface area contributed by atoms with Gasteiger partial charge in [0.15, 0.2) is 4.80 Å². The summed E-state index contributed by atoms with van der Waals surface area (Å²) < 4.78 is 13.9. The van der Waals surface area contributed by atoms with Gasteiger partial charge in [0, 0.05) is 6.54 Å². The van der Waals surface area contributed by atoms with Crippen LogP contribution >= 0.6 is 11.3 Å². The second kappa shape index (κ2) is 7.96. The normalized spacial score (nSPS) is 11.8. The van der Waals surface area contributed by atoms with Crippen LogP contribution in [0, 0.1) is 13.8 Å². The van der Waals surface area contributed by atoms with Crippen LogP contribution < -0.4 is 14.3 Å². The van der Waals surface area contributed by atoms with Crippen molar-refractivity contribution in [3.63, 3.8) is 0 Å². The summed E-state index contributed by atoms with van der Waals surface area (Å²) in [5.41, 5.74) is 4.21. The van der Waals surface area contributed by atoms with E-state index >= 15 is 0 Å². The van der Waals surface area contributed by atoms with E-state index in [0.717, 1.165) is 32.8 Å². The number of carbonyl (C=O) groups excluding carboxylic acids is 1. The third-order valence-corrected chi connectivity index (χ3v) is 5.66. The van der Waals surface area contributed by atoms with Gasteiger partial charge in [-0.3, -0.25) is 4.79 Å². The fourth-order valence-electron chi connectivity index (χ4n) is 3.19. The third-order valence-electron chi connectivity index (χ3n) is 4.57. The minimum Gasteiger partial charge on any atom is -0.495 e. The first-order valence-electron chi connectivity index (χ1n) is 8.86. The zero-order chi connectivity index (χ0) is 19.6. The maximum atomic E-state index is 12.6. The van der Waals surface area contributed by atoms with Gasteiger partial charge >= 0.3 is 0 Å². The lowest BCUT2D eigenvalue weighted by atomic mass is 10.0. The Kier molecular flexibility index (Phi) is 5.65. The molecule has 0 aliphatic rings. The predicted octanol–water partition coefficient (Wildman–Crippen LogP) is 4.03. The summed E-state index contributed by atoms with van der Waals surface area (Å²) in [4.78, 5) is 17.7. The van der Waals surface area contributed by atoms with Gasteiger partial charge in [0.1, 0.15) is 21.7 Å². The second-order valence-corrected chi connectivity index (χ2v) is 7.37. The maximum Gasteiger partial charge on any atom is 0.252 e. The van der Waals surface area contributed by atoms with Crippen molar-refractivity contribution < 1.29 is 14.3 Å². The van der Waals surface area contributed by atoms with Crippen LogP contribution in [-0.2, 0) is 17.8 Å². The molecule has 0 saturated carbocycles. The number of amides is 1. The molecule has 0 saturated heterocycles. The van der Waals surface area contributed by atoms with Crippen LogP contribution in [0.5, 0.6) is 11.5 Å². The first-order valence-corrected chi connectivity index (χ1v) is 9.68. The molecular weight excluding hydrogens is 360 g/mol. The summed E-state index contributed by atoms with van der Waals surface area (Å²) in [5.74, 6) is 1.34. The number of carbonyl (C=O) groups is 1. The van der Waals surface area contributed by atoms with Gasteiger partial charge < -0.3 is 14.0 Å². The fourth-order valence-corrected chi connectivity index (χ4v) is 4.41. The van der Waals surface area contributed by atoms with Gasteiger partial charge in [-0.15, -0.1) is 0 Å². The molecule has 0 aliphatic carbocycles. The number of hydrogen-bond donors (Lipinski definition) is 0. The van der Waals surface area contributed by atoms with E-state index in [1.54, 1.807) is 14.2 Å². The van der Waals surface area contributed by atoms with Crippen LogP contribution in [-0.4, -0.2) is 24.7 Å². The number of nitrogens with zero attached hydrogens (tertiary/aromatic N) is 2. The first-order chi connectivity index (χ1) is 13.0. The van der Waals surface area contributed by atoms with Gasteiger partial charge in [0.25, 0.3) is 5.91 Å². The molecule has 0 radical (unpaired) electrons. The number of aromatic nitrogens is 1. The fraction of sp³-hybridized carbons (Fsp3) is 0.333. The first kappa shape index (κ1) is 19.2. The largest absolute Gasteiger partial charge is 0.495 e. The molecule has 27 heavy (non-hydrogen) atoms. The van der Waals surface area contributed by atoms with Crippen molar-refractivity contribution in [2.75, 3.05) is 14.2 Å². The van der Waals surface area contributed by atoms with Crippen molar-refractivity contribution in [1.82, 2.24) is 4.57 Å². The van der Waals surface area contributed by atoms with Crippen LogP contribution in [0.3, 0.4) is 0 Å². The SMILES string of the molecule is CCn1c(=NC(=O)Cc2ccc(C)cc2C)sc2c(OC)ccc(OC)c21. The molecule has 0 atom stereocenters. The van der Waals surface area contributed by atoms with Crippen molar-refractivity contribution in [2.24, 2.45) is 4.99 Å². The molecule has 1 heterocycles. The number of ether oxygens (including phenoxy) is 2. The Morgan fingerprint density at radius 2 is 1.81 bits per heavy atom. The second-order valence-electron chi connectivity index (χ2n) is 6.39. The zero-order valence-corrected chi connectivity index (χ0v) is 17.1. The van der Waals surface area contributed by atoms with Crippen LogP contribution in [0.4, 0.5) is 0 Å². The number of aryl methyl sites for hydroxylation is 3. The summed E-state index contributed by atoms with van der Waals surface area (Å²) in [6.45, 7) is 6.78. The highest BCUT2D eigenvalue weighted by molar-refractivity contribution is 7.16. The summed E-state index contributed by atoms with van der Waals surface area (Å²) in [6.07, 6.45) is 0.290. The quantitative estimate of drug-likeness (QED) is 0.667. The van der Waals surface area contributed by atoms with E-state index in [2.05, 4.69) is 11.1 Å². The number of thiazole rings is 1. The number of benzene rings is 2. The van der Waals surface area contributed by atoms with Gasteiger partial charge in [-0.2, -0.15) is 4.99 Å². The standard InChI is InChI=1S/C21H24N2O3S/c1-6-23-19-16(25-4)9-10-17(26-5)20(19)27-21(23)22-18(24)12-15-8-7-13(2)11-14(15)3/h7-11H,6,12H2,1-5H3. The van der Waals surface area contributed by atoms with Crippen LogP contribution in [0.15, 0.2) is 35.3 Å². The highest BCUT2D eigenvalue weighted by atomic mass is 32.1. The molecule has 0 fully saturated rings. The van der Waals surface area contributed by atoms with Gasteiger partial charge in [-0.25, -0.2) is 0 Å². The van der Waals surface area contributed by atoms with Gasteiger partial charge in [-0.1, -0.05) is 35.1 Å². The zero-order valence-electron chi connectivity index (χ0n) is 16.3. The van der Waals surface area contributed by atoms with Crippen molar-refractivity contribution in [3.05, 3.63) is 51.8 Å². The molecule has 3 rings (SSSR count). The Bertz CT molecular complexity index is 1060. The van der Waals surface area contributed by atoms with E-state index in [9.17, 15) is 4.79 Å². The van der Waals surface area contributed by atoms with Gasteiger partial charge in [-0.05, 0) is 44.0 Å². The highest BCUT2D eigenvalue weighted by Crippen LogP contribution is 2.35.